The molecule has 0 bridgehead atoms. The largest absolute Gasteiger partial charge is 0.465 e. The van der Waals surface area contributed by atoms with Crippen LogP contribution in [0.3, 0.4) is 0 Å². The number of ether oxygens (including phenoxy) is 1. The number of rotatable bonds is 6. The fraction of sp³-hybridized carbons (Fsp3) is 0.312. The number of nitrogens with one attached hydrogen (secondary N) is 2. The van der Waals surface area contributed by atoms with Gasteiger partial charge >= 0.3 is 5.97 Å². The Morgan fingerprint density at radius 1 is 1.31 bits per heavy atom. The molecule has 1 aromatic carbocycles. The van der Waals surface area contributed by atoms with Gasteiger partial charge in [-0.1, -0.05) is 6.07 Å². The molecule has 140 valence electrons. The summed E-state index contributed by atoms with van der Waals surface area (Å²) in [6.45, 7) is 2.77. The van der Waals surface area contributed by atoms with Gasteiger partial charge in [-0.2, -0.15) is 9.40 Å². The van der Waals surface area contributed by atoms with Crippen molar-refractivity contribution in [3.05, 3.63) is 41.2 Å². The van der Waals surface area contributed by atoms with E-state index in [1.807, 2.05) is 0 Å². The number of esters is 1. The van der Waals surface area contributed by atoms with Crippen LogP contribution in [0.5, 0.6) is 0 Å². The highest BCUT2D eigenvalue weighted by Gasteiger charge is 2.28. The van der Waals surface area contributed by atoms with Crippen LogP contribution in [0.2, 0.25) is 0 Å². The number of aromatic nitrogens is 2. The summed E-state index contributed by atoms with van der Waals surface area (Å²) in [5, 5.41) is 9.05. The Morgan fingerprint density at radius 3 is 2.58 bits per heavy atom. The highest BCUT2D eigenvalue weighted by Crippen LogP contribution is 2.20. The predicted octanol–water partition coefficient (Wildman–Crippen LogP) is 1.07. The molecule has 0 aliphatic heterocycles. The van der Waals surface area contributed by atoms with Crippen LogP contribution in [0.15, 0.2) is 29.2 Å². The maximum Gasteiger partial charge on any atom is 0.337 e. The fourth-order valence-electron chi connectivity index (χ4n) is 2.41. The van der Waals surface area contributed by atoms with Gasteiger partial charge in [-0.25, -0.2) is 13.2 Å². The number of carbonyl (C=O) groups is 2. The molecule has 2 N–H and O–H groups in total. The van der Waals surface area contributed by atoms with Crippen molar-refractivity contribution in [1.29, 1.82) is 0 Å². The van der Waals surface area contributed by atoms with Gasteiger partial charge in [0.05, 0.1) is 30.6 Å². The number of hydrogen-bond acceptors (Lipinski definition) is 6. The van der Waals surface area contributed by atoms with Crippen molar-refractivity contribution < 1.29 is 22.7 Å². The van der Waals surface area contributed by atoms with Gasteiger partial charge in [-0.15, -0.1) is 0 Å². The minimum Gasteiger partial charge on any atom is -0.465 e. The summed E-state index contributed by atoms with van der Waals surface area (Å²) in [4.78, 5) is 23.8. The molecule has 26 heavy (non-hydrogen) atoms. The van der Waals surface area contributed by atoms with Gasteiger partial charge < -0.3 is 10.1 Å². The Morgan fingerprint density at radius 2 is 2.00 bits per heavy atom. The number of nitrogens with zero attached hydrogens (tertiary/aromatic N) is 2. The second kappa shape index (κ2) is 7.67. The number of methoxy groups -OCH3 is 1. The van der Waals surface area contributed by atoms with Crippen LogP contribution in [-0.2, 0) is 19.6 Å². The molecule has 1 amide bonds. The van der Waals surface area contributed by atoms with Gasteiger partial charge in [0.15, 0.2) is 0 Å². The van der Waals surface area contributed by atoms with Crippen molar-refractivity contribution in [3.63, 3.8) is 0 Å². The van der Waals surface area contributed by atoms with E-state index in [1.54, 1.807) is 32.0 Å². The van der Waals surface area contributed by atoms with Crippen LogP contribution >= 0.6 is 0 Å². The first-order chi connectivity index (χ1) is 12.2. The molecule has 0 aliphatic rings. The van der Waals surface area contributed by atoms with Crippen molar-refractivity contribution in [2.45, 2.75) is 18.7 Å². The second-order valence-electron chi connectivity index (χ2n) is 5.64. The lowest BCUT2D eigenvalue weighted by Gasteiger charge is -2.17. The van der Waals surface area contributed by atoms with Gasteiger partial charge in [0.25, 0.3) is 0 Å². The number of sulfonamides is 1. The lowest BCUT2D eigenvalue weighted by molar-refractivity contribution is -0.116. The molecule has 1 aromatic heterocycles. The summed E-state index contributed by atoms with van der Waals surface area (Å²) in [7, 11) is -1.30. The zero-order valence-corrected chi connectivity index (χ0v) is 15.7. The Hall–Kier alpha value is -2.72. The number of anilines is 1. The van der Waals surface area contributed by atoms with Gasteiger partial charge in [-0.3, -0.25) is 9.89 Å². The number of carbonyl (C=O) groups excluding carboxylic acids is 2. The van der Waals surface area contributed by atoms with E-state index in [4.69, 9.17) is 0 Å². The van der Waals surface area contributed by atoms with Crippen molar-refractivity contribution in [1.82, 2.24) is 14.5 Å². The number of H-pyrrole nitrogens is 1. The molecule has 0 saturated heterocycles. The monoisotopic (exact) mass is 380 g/mol. The lowest BCUT2D eigenvalue weighted by atomic mass is 10.2. The first kappa shape index (κ1) is 19.6. The van der Waals surface area contributed by atoms with Crippen LogP contribution in [0.25, 0.3) is 0 Å². The fourth-order valence-corrected chi connectivity index (χ4v) is 3.86. The normalized spacial score (nSPS) is 11.4. The number of benzene rings is 1. The van der Waals surface area contributed by atoms with E-state index in [0.717, 1.165) is 4.31 Å². The van der Waals surface area contributed by atoms with Gasteiger partial charge in [0.1, 0.15) is 4.90 Å². The van der Waals surface area contributed by atoms with Crippen LogP contribution < -0.4 is 5.32 Å². The Labute approximate surface area is 151 Å². The quantitative estimate of drug-likeness (QED) is 0.723. The molecule has 1 heterocycles. The van der Waals surface area contributed by atoms with Crippen LogP contribution in [0.1, 0.15) is 21.7 Å². The van der Waals surface area contributed by atoms with E-state index in [0.29, 0.717) is 17.1 Å². The Kier molecular flexibility index (Phi) is 5.78. The molecule has 0 fully saturated rings. The number of amides is 1. The summed E-state index contributed by atoms with van der Waals surface area (Å²) >= 11 is 0. The van der Waals surface area contributed by atoms with E-state index >= 15 is 0 Å². The molecule has 0 unspecified atom stereocenters. The maximum atomic E-state index is 12.6. The third-order valence-corrected chi connectivity index (χ3v) is 5.73. The SMILES string of the molecule is COC(=O)c1cccc(NC(=O)CN(C)S(=O)(=O)c2c(C)n[nH]c2C)c1. The zero-order chi connectivity index (χ0) is 19.5. The molecule has 0 saturated carbocycles. The molecule has 9 nitrogen and oxygen atoms in total. The molecule has 0 aliphatic carbocycles. The van der Waals surface area contributed by atoms with E-state index < -0.39 is 28.4 Å². The Bertz CT molecular complexity index is 916. The summed E-state index contributed by atoms with van der Waals surface area (Å²) in [6, 6.07) is 6.16. The summed E-state index contributed by atoms with van der Waals surface area (Å²) in [5.74, 6) is -1.08. The third-order valence-electron chi connectivity index (χ3n) is 3.66. The van der Waals surface area contributed by atoms with Crippen molar-refractivity contribution in [2.75, 3.05) is 26.0 Å². The third kappa shape index (κ3) is 4.09. The van der Waals surface area contributed by atoms with Crippen LogP contribution in [0, 0.1) is 13.8 Å². The van der Waals surface area contributed by atoms with Crippen molar-refractivity contribution in [3.8, 4) is 0 Å². The van der Waals surface area contributed by atoms with Gasteiger partial charge in [0.2, 0.25) is 15.9 Å². The average molecular weight is 380 g/mol. The highest BCUT2D eigenvalue weighted by atomic mass is 32.2. The van der Waals surface area contributed by atoms with Crippen molar-refractivity contribution in [2.24, 2.45) is 0 Å². The summed E-state index contributed by atoms with van der Waals surface area (Å²) in [6.07, 6.45) is 0. The minimum atomic E-state index is -3.87. The first-order valence-electron chi connectivity index (χ1n) is 7.63. The highest BCUT2D eigenvalue weighted by molar-refractivity contribution is 7.89. The topological polar surface area (TPSA) is 121 Å². The predicted molar refractivity (Wildman–Crippen MR) is 94.3 cm³/mol. The molecule has 2 aromatic rings. The van der Waals surface area contributed by atoms with E-state index in [-0.39, 0.29) is 10.5 Å². The number of hydrogen-bond donors (Lipinski definition) is 2. The summed E-state index contributed by atoms with van der Waals surface area (Å²) in [5.41, 5.74) is 1.37. The van der Waals surface area contributed by atoms with Gasteiger partial charge in [-0.05, 0) is 32.0 Å². The van der Waals surface area contributed by atoms with E-state index in [1.165, 1.54) is 20.2 Å². The molecule has 2 rings (SSSR count). The average Bonchev–Trinajstić information content (AvgIpc) is 2.93. The molecular formula is C16H20N4O5S. The maximum absolute atomic E-state index is 12.6. The first-order valence-corrected chi connectivity index (χ1v) is 9.07. The van der Waals surface area contributed by atoms with E-state index in [9.17, 15) is 18.0 Å². The standard InChI is InChI=1S/C16H20N4O5S/c1-10-15(11(2)19-18-10)26(23,24)20(3)9-14(21)17-13-7-5-6-12(8-13)16(22)25-4/h5-8H,9H2,1-4H3,(H,17,21)(H,18,19). The van der Waals surface area contributed by atoms with Crippen LogP contribution in [0.4, 0.5) is 5.69 Å². The van der Waals surface area contributed by atoms with Crippen molar-refractivity contribution >= 4 is 27.6 Å². The van der Waals surface area contributed by atoms with E-state index in [2.05, 4.69) is 20.3 Å². The number of aromatic amines is 1. The molecule has 0 radical (unpaired) electrons. The van der Waals surface area contributed by atoms with Crippen LogP contribution in [-0.4, -0.2) is 55.5 Å². The lowest BCUT2D eigenvalue weighted by Crippen LogP contribution is -2.35. The second-order valence-corrected chi connectivity index (χ2v) is 7.63. The smallest absolute Gasteiger partial charge is 0.337 e. The summed E-state index contributed by atoms with van der Waals surface area (Å²) < 4.78 is 30.8. The van der Waals surface area contributed by atoms with Gasteiger partial charge in [0, 0.05) is 12.7 Å². The minimum absolute atomic E-state index is 0.0560. The zero-order valence-electron chi connectivity index (χ0n) is 14.9. The molecular weight excluding hydrogens is 360 g/mol. The number of aryl methyl sites for hydroxylation is 2. The molecule has 0 atom stereocenters. The number of likely N-dealkylation sites (N-methyl/N-ethyl adjacent to an activating group) is 1. The molecule has 0 spiro atoms. The Balaban J connectivity index is 2.11. The molecule has 10 heteroatoms.